The standard InChI is InChI=1S/C12H14ClNO4/c13-10-6-8(1-2-11(10)15)5-9-7-14(12(16)17)3-4-18-9/h1-2,6,9,15H,3-5,7H2,(H,16,17)/t9-/m1/s1. The van der Waals surface area contributed by atoms with Gasteiger partial charge in [0.25, 0.3) is 0 Å². The van der Waals surface area contributed by atoms with Crippen LogP contribution in [0.4, 0.5) is 4.79 Å². The number of phenols is 1. The Hall–Kier alpha value is -1.46. The average Bonchev–Trinajstić information content (AvgIpc) is 2.34. The first-order valence-corrected chi connectivity index (χ1v) is 6.01. The van der Waals surface area contributed by atoms with E-state index < -0.39 is 6.09 Å². The molecule has 98 valence electrons. The van der Waals surface area contributed by atoms with Gasteiger partial charge in [-0.25, -0.2) is 4.79 Å². The molecule has 1 aromatic rings. The summed E-state index contributed by atoms with van der Waals surface area (Å²) in [5, 5.41) is 18.5. The van der Waals surface area contributed by atoms with Crippen LogP contribution < -0.4 is 0 Å². The smallest absolute Gasteiger partial charge is 0.407 e. The Morgan fingerprint density at radius 3 is 3.00 bits per heavy atom. The molecule has 5 nitrogen and oxygen atoms in total. The predicted octanol–water partition coefficient (Wildman–Crippen LogP) is 1.97. The van der Waals surface area contributed by atoms with E-state index in [4.69, 9.17) is 21.4 Å². The summed E-state index contributed by atoms with van der Waals surface area (Å²) in [6.45, 7) is 1.17. The number of phenolic OH excluding ortho intramolecular Hbond substituents is 1. The Morgan fingerprint density at radius 1 is 1.56 bits per heavy atom. The van der Waals surface area contributed by atoms with Gasteiger partial charge in [0.1, 0.15) is 5.75 Å². The Kier molecular flexibility index (Phi) is 3.93. The maximum atomic E-state index is 10.9. The van der Waals surface area contributed by atoms with Gasteiger partial charge in [-0.3, -0.25) is 0 Å². The molecule has 6 heteroatoms. The van der Waals surface area contributed by atoms with E-state index in [1.165, 1.54) is 11.0 Å². The number of amides is 1. The topological polar surface area (TPSA) is 70.0 Å². The van der Waals surface area contributed by atoms with Crippen molar-refractivity contribution in [1.29, 1.82) is 0 Å². The van der Waals surface area contributed by atoms with Crippen LogP contribution in [0.1, 0.15) is 5.56 Å². The van der Waals surface area contributed by atoms with Crippen molar-refractivity contribution >= 4 is 17.7 Å². The summed E-state index contributed by atoms with van der Waals surface area (Å²) in [6, 6.07) is 4.94. The van der Waals surface area contributed by atoms with Gasteiger partial charge < -0.3 is 19.8 Å². The average molecular weight is 272 g/mol. The first-order chi connectivity index (χ1) is 8.56. The van der Waals surface area contributed by atoms with Crippen molar-refractivity contribution in [3.63, 3.8) is 0 Å². The van der Waals surface area contributed by atoms with Crippen molar-refractivity contribution in [2.24, 2.45) is 0 Å². The molecule has 0 aromatic heterocycles. The Bertz CT molecular complexity index is 452. The molecule has 0 spiro atoms. The molecule has 1 aromatic carbocycles. The summed E-state index contributed by atoms with van der Waals surface area (Å²) in [6.07, 6.45) is -0.522. The quantitative estimate of drug-likeness (QED) is 0.863. The van der Waals surface area contributed by atoms with E-state index in [2.05, 4.69) is 0 Å². The Balaban J connectivity index is 2.00. The maximum absolute atomic E-state index is 10.9. The van der Waals surface area contributed by atoms with Crippen molar-refractivity contribution in [2.75, 3.05) is 19.7 Å². The highest BCUT2D eigenvalue weighted by Crippen LogP contribution is 2.24. The molecule has 0 saturated carbocycles. The number of benzene rings is 1. The van der Waals surface area contributed by atoms with Gasteiger partial charge in [0.05, 0.1) is 24.3 Å². The SMILES string of the molecule is O=C(O)N1CCO[C@H](Cc2ccc(O)c(Cl)c2)C1. The summed E-state index contributed by atoms with van der Waals surface area (Å²) in [7, 11) is 0. The molecule has 1 heterocycles. The second-order valence-corrected chi connectivity index (χ2v) is 4.62. The summed E-state index contributed by atoms with van der Waals surface area (Å²) in [5.74, 6) is 0.0390. The molecule has 1 atom stereocenters. The molecular weight excluding hydrogens is 258 g/mol. The zero-order chi connectivity index (χ0) is 13.1. The molecule has 2 N–H and O–H groups in total. The fourth-order valence-corrected chi connectivity index (χ4v) is 2.16. The fourth-order valence-electron chi connectivity index (χ4n) is 1.96. The molecule has 0 radical (unpaired) electrons. The lowest BCUT2D eigenvalue weighted by Crippen LogP contribution is -2.45. The largest absolute Gasteiger partial charge is 0.506 e. The van der Waals surface area contributed by atoms with E-state index in [9.17, 15) is 9.90 Å². The highest BCUT2D eigenvalue weighted by molar-refractivity contribution is 6.32. The van der Waals surface area contributed by atoms with E-state index in [1.807, 2.05) is 0 Å². The number of carbonyl (C=O) groups is 1. The lowest BCUT2D eigenvalue weighted by atomic mass is 10.1. The number of hydrogen-bond donors (Lipinski definition) is 2. The van der Waals surface area contributed by atoms with Crippen molar-refractivity contribution in [3.05, 3.63) is 28.8 Å². The molecule has 2 rings (SSSR count). The minimum Gasteiger partial charge on any atom is -0.506 e. The summed E-state index contributed by atoms with van der Waals surface area (Å²) in [5.41, 5.74) is 0.912. The second kappa shape index (κ2) is 5.46. The van der Waals surface area contributed by atoms with Crippen molar-refractivity contribution in [2.45, 2.75) is 12.5 Å². The predicted molar refractivity (Wildman–Crippen MR) is 66.2 cm³/mol. The minimum atomic E-state index is -0.924. The van der Waals surface area contributed by atoms with Gasteiger partial charge in [-0.05, 0) is 17.7 Å². The van der Waals surface area contributed by atoms with Crippen LogP contribution in [0.5, 0.6) is 5.75 Å². The van der Waals surface area contributed by atoms with E-state index in [-0.39, 0.29) is 11.9 Å². The van der Waals surface area contributed by atoms with Gasteiger partial charge >= 0.3 is 6.09 Å². The molecule has 1 amide bonds. The molecule has 1 saturated heterocycles. The third kappa shape index (κ3) is 3.05. The zero-order valence-corrected chi connectivity index (χ0v) is 10.4. The number of morpholine rings is 1. The maximum Gasteiger partial charge on any atom is 0.407 e. The fraction of sp³-hybridized carbons (Fsp3) is 0.417. The highest BCUT2D eigenvalue weighted by Gasteiger charge is 2.23. The van der Waals surface area contributed by atoms with Crippen LogP contribution in [0.25, 0.3) is 0 Å². The number of aromatic hydroxyl groups is 1. The van der Waals surface area contributed by atoms with Crippen LogP contribution in [-0.4, -0.2) is 47.0 Å². The molecule has 0 unspecified atom stereocenters. The van der Waals surface area contributed by atoms with Crippen LogP contribution in [0, 0.1) is 0 Å². The Morgan fingerprint density at radius 2 is 2.33 bits per heavy atom. The number of ether oxygens (including phenoxy) is 1. The second-order valence-electron chi connectivity index (χ2n) is 4.21. The van der Waals surface area contributed by atoms with Gasteiger partial charge in [0, 0.05) is 13.0 Å². The highest BCUT2D eigenvalue weighted by atomic mass is 35.5. The summed E-state index contributed by atoms with van der Waals surface area (Å²) < 4.78 is 5.52. The first kappa shape index (κ1) is 13.0. The molecular formula is C12H14ClNO4. The molecule has 1 aliphatic heterocycles. The lowest BCUT2D eigenvalue weighted by Gasteiger charge is -2.31. The van der Waals surface area contributed by atoms with Gasteiger partial charge in [-0.15, -0.1) is 0 Å². The lowest BCUT2D eigenvalue weighted by molar-refractivity contribution is -0.0210. The van der Waals surface area contributed by atoms with Crippen LogP contribution in [0.3, 0.4) is 0 Å². The number of halogens is 1. The van der Waals surface area contributed by atoms with E-state index in [0.717, 1.165) is 5.56 Å². The molecule has 0 bridgehead atoms. The third-order valence-corrected chi connectivity index (χ3v) is 3.19. The van der Waals surface area contributed by atoms with Crippen LogP contribution >= 0.6 is 11.6 Å². The van der Waals surface area contributed by atoms with E-state index >= 15 is 0 Å². The van der Waals surface area contributed by atoms with Crippen LogP contribution in [-0.2, 0) is 11.2 Å². The normalized spacial score (nSPS) is 19.8. The van der Waals surface area contributed by atoms with Gasteiger partial charge in [0.15, 0.2) is 0 Å². The molecule has 1 aliphatic rings. The van der Waals surface area contributed by atoms with Crippen molar-refractivity contribution < 1.29 is 19.7 Å². The van der Waals surface area contributed by atoms with Gasteiger partial charge in [-0.1, -0.05) is 17.7 Å². The van der Waals surface area contributed by atoms with Crippen molar-refractivity contribution in [3.8, 4) is 5.75 Å². The van der Waals surface area contributed by atoms with Crippen LogP contribution in [0.15, 0.2) is 18.2 Å². The number of hydrogen-bond acceptors (Lipinski definition) is 3. The van der Waals surface area contributed by atoms with E-state index in [1.54, 1.807) is 12.1 Å². The zero-order valence-electron chi connectivity index (χ0n) is 9.67. The third-order valence-electron chi connectivity index (χ3n) is 2.88. The Labute approximate surface area is 110 Å². The number of carboxylic acid groups (broad SMARTS) is 1. The first-order valence-electron chi connectivity index (χ1n) is 5.63. The molecule has 18 heavy (non-hydrogen) atoms. The molecule has 0 aliphatic carbocycles. The van der Waals surface area contributed by atoms with Crippen LogP contribution in [0.2, 0.25) is 5.02 Å². The molecule has 1 fully saturated rings. The minimum absolute atomic E-state index is 0.0390. The number of nitrogens with zero attached hydrogens (tertiary/aromatic N) is 1. The summed E-state index contributed by atoms with van der Waals surface area (Å²) in [4.78, 5) is 12.2. The van der Waals surface area contributed by atoms with Crippen molar-refractivity contribution in [1.82, 2.24) is 4.90 Å². The monoisotopic (exact) mass is 271 g/mol. The summed E-state index contributed by atoms with van der Waals surface area (Å²) >= 11 is 5.82. The van der Waals surface area contributed by atoms with Gasteiger partial charge in [-0.2, -0.15) is 0 Å². The van der Waals surface area contributed by atoms with E-state index in [0.29, 0.717) is 31.1 Å². The van der Waals surface area contributed by atoms with Gasteiger partial charge in [0.2, 0.25) is 0 Å². The number of rotatable bonds is 2.